The first-order valence-corrected chi connectivity index (χ1v) is 8.51. The SMILES string of the molecule is Cc1noc2nc(C3CC3)cc(C(=O)NC(C)c3nnc(N)s3)c12. The van der Waals surface area contributed by atoms with Crippen molar-refractivity contribution in [1.82, 2.24) is 25.7 Å². The van der Waals surface area contributed by atoms with E-state index in [1.807, 2.05) is 13.0 Å². The molecule has 0 aliphatic heterocycles. The average Bonchev–Trinajstić information content (AvgIpc) is 3.22. The number of pyridine rings is 1. The number of fused-ring (bicyclic) bond motifs is 1. The number of hydrogen-bond donors (Lipinski definition) is 2. The Bertz CT molecular complexity index is 929. The van der Waals surface area contributed by atoms with Crippen LogP contribution in [-0.2, 0) is 0 Å². The Morgan fingerprint density at radius 3 is 2.92 bits per heavy atom. The van der Waals surface area contributed by atoms with Crippen LogP contribution in [0.25, 0.3) is 11.1 Å². The lowest BCUT2D eigenvalue weighted by molar-refractivity contribution is 0.0941. The predicted molar refractivity (Wildman–Crippen MR) is 88.7 cm³/mol. The molecule has 8 nitrogen and oxygen atoms in total. The fraction of sp³-hybridized carbons (Fsp3) is 0.400. The Labute approximate surface area is 141 Å². The number of aryl methyl sites for hydroxylation is 1. The van der Waals surface area contributed by atoms with Crippen LogP contribution in [0.3, 0.4) is 0 Å². The number of anilines is 1. The maximum Gasteiger partial charge on any atom is 0.259 e. The number of rotatable bonds is 4. The van der Waals surface area contributed by atoms with E-state index in [1.165, 1.54) is 11.3 Å². The normalized spacial score (nSPS) is 15.6. The van der Waals surface area contributed by atoms with Gasteiger partial charge >= 0.3 is 0 Å². The second-order valence-corrected chi connectivity index (χ2v) is 7.03. The highest BCUT2D eigenvalue weighted by atomic mass is 32.1. The highest BCUT2D eigenvalue weighted by molar-refractivity contribution is 7.15. The molecule has 3 N–H and O–H groups in total. The third-order valence-electron chi connectivity index (χ3n) is 4.05. The molecule has 124 valence electrons. The van der Waals surface area contributed by atoms with Crippen molar-refractivity contribution in [3.63, 3.8) is 0 Å². The van der Waals surface area contributed by atoms with Gasteiger partial charge in [-0.3, -0.25) is 4.79 Å². The van der Waals surface area contributed by atoms with E-state index in [4.69, 9.17) is 10.3 Å². The van der Waals surface area contributed by atoms with Gasteiger partial charge in [0.15, 0.2) is 0 Å². The molecule has 1 fully saturated rings. The summed E-state index contributed by atoms with van der Waals surface area (Å²) in [6.45, 7) is 3.65. The van der Waals surface area contributed by atoms with Crippen molar-refractivity contribution in [2.24, 2.45) is 0 Å². The fourth-order valence-corrected chi connectivity index (χ4v) is 3.25. The number of nitrogens with one attached hydrogen (secondary N) is 1. The van der Waals surface area contributed by atoms with E-state index >= 15 is 0 Å². The zero-order valence-electron chi connectivity index (χ0n) is 13.2. The Hall–Kier alpha value is -2.55. The van der Waals surface area contributed by atoms with Gasteiger partial charge in [-0.15, -0.1) is 10.2 Å². The lowest BCUT2D eigenvalue weighted by atomic mass is 10.1. The molecule has 1 aliphatic rings. The maximum atomic E-state index is 12.8. The summed E-state index contributed by atoms with van der Waals surface area (Å²) in [7, 11) is 0. The lowest BCUT2D eigenvalue weighted by Crippen LogP contribution is -2.27. The highest BCUT2D eigenvalue weighted by Crippen LogP contribution is 2.40. The minimum atomic E-state index is -0.292. The van der Waals surface area contributed by atoms with Crippen molar-refractivity contribution in [3.8, 4) is 0 Å². The molecular formula is C15H16N6O2S. The van der Waals surface area contributed by atoms with Crippen LogP contribution in [0, 0.1) is 6.92 Å². The largest absolute Gasteiger partial charge is 0.374 e. The van der Waals surface area contributed by atoms with Gasteiger partial charge in [-0.2, -0.15) is 0 Å². The zero-order chi connectivity index (χ0) is 16.8. The molecule has 0 radical (unpaired) electrons. The molecular weight excluding hydrogens is 328 g/mol. The third kappa shape index (κ3) is 2.60. The van der Waals surface area contributed by atoms with Gasteiger partial charge < -0.3 is 15.6 Å². The molecule has 0 spiro atoms. The summed E-state index contributed by atoms with van der Waals surface area (Å²) in [6.07, 6.45) is 2.18. The number of aromatic nitrogens is 4. The summed E-state index contributed by atoms with van der Waals surface area (Å²) in [4.78, 5) is 17.3. The van der Waals surface area contributed by atoms with Crippen molar-refractivity contribution in [3.05, 3.63) is 28.0 Å². The first kappa shape index (κ1) is 15.0. The number of amides is 1. The van der Waals surface area contributed by atoms with Gasteiger partial charge in [0.05, 0.1) is 22.7 Å². The molecule has 3 heterocycles. The van der Waals surface area contributed by atoms with Crippen LogP contribution in [0.15, 0.2) is 10.6 Å². The number of nitrogens with two attached hydrogens (primary N) is 1. The van der Waals surface area contributed by atoms with E-state index < -0.39 is 0 Å². The molecule has 1 saturated carbocycles. The molecule has 1 aliphatic carbocycles. The van der Waals surface area contributed by atoms with Gasteiger partial charge in [0.25, 0.3) is 11.6 Å². The molecule has 1 amide bonds. The Balaban J connectivity index is 1.69. The minimum Gasteiger partial charge on any atom is -0.374 e. The van der Waals surface area contributed by atoms with Crippen molar-refractivity contribution in [1.29, 1.82) is 0 Å². The standard InChI is InChI=1S/C15H16N6O2S/c1-6-11-9(5-10(8-3-4-8)18-13(11)23-21-6)12(22)17-7(2)14-19-20-15(16)24-14/h5,7-8H,3-4H2,1-2H3,(H2,16,20)(H,17,22). The van der Waals surface area contributed by atoms with Crippen LogP contribution in [0.1, 0.15) is 58.5 Å². The van der Waals surface area contributed by atoms with E-state index in [2.05, 4.69) is 25.7 Å². The molecule has 1 atom stereocenters. The molecule has 0 bridgehead atoms. The molecule has 24 heavy (non-hydrogen) atoms. The van der Waals surface area contributed by atoms with Gasteiger partial charge in [0.2, 0.25) is 5.13 Å². The molecule has 3 aromatic heterocycles. The van der Waals surface area contributed by atoms with E-state index in [0.29, 0.717) is 38.4 Å². The van der Waals surface area contributed by atoms with E-state index in [0.717, 1.165) is 18.5 Å². The smallest absolute Gasteiger partial charge is 0.259 e. The third-order valence-corrected chi connectivity index (χ3v) is 4.99. The summed E-state index contributed by atoms with van der Waals surface area (Å²) in [6, 6.07) is 1.56. The first-order chi connectivity index (χ1) is 11.5. The predicted octanol–water partition coefficient (Wildman–Crippen LogP) is 2.33. The van der Waals surface area contributed by atoms with Crippen LogP contribution in [0.5, 0.6) is 0 Å². The van der Waals surface area contributed by atoms with Crippen LogP contribution in [-0.4, -0.2) is 26.2 Å². The van der Waals surface area contributed by atoms with Gasteiger partial charge in [0, 0.05) is 11.6 Å². The number of carbonyl (C=O) groups is 1. The Kier molecular flexibility index (Phi) is 3.45. The number of nitrogens with zero attached hydrogens (tertiary/aromatic N) is 4. The molecule has 0 saturated heterocycles. The molecule has 9 heteroatoms. The fourth-order valence-electron chi connectivity index (χ4n) is 2.64. The number of carbonyl (C=O) groups excluding carboxylic acids is 1. The average molecular weight is 344 g/mol. The van der Waals surface area contributed by atoms with Crippen LogP contribution >= 0.6 is 11.3 Å². The van der Waals surface area contributed by atoms with Gasteiger partial charge in [-0.05, 0) is 32.8 Å². The van der Waals surface area contributed by atoms with Crippen LogP contribution < -0.4 is 11.1 Å². The van der Waals surface area contributed by atoms with Gasteiger partial charge in [-0.1, -0.05) is 16.5 Å². The van der Waals surface area contributed by atoms with Gasteiger partial charge in [0.1, 0.15) is 5.01 Å². The summed E-state index contributed by atoms with van der Waals surface area (Å²) in [5, 5.41) is 16.3. The molecule has 0 aromatic carbocycles. The Morgan fingerprint density at radius 2 is 2.25 bits per heavy atom. The Morgan fingerprint density at radius 1 is 1.46 bits per heavy atom. The van der Waals surface area contributed by atoms with Crippen LogP contribution in [0.2, 0.25) is 0 Å². The number of nitrogen functional groups attached to an aromatic ring is 1. The molecule has 1 unspecified atom stereocenters. The van der Waals surface area contributed by atoms with Crippen LogP contribution in [0.4, 0.5) is 5.13 Å². The van der Waals surface area contributed by atoms with E-state index in [1.54, 1.807) is 6.92 Å². The summed E-state index contributed by atoms with van der Waals surface area (Å²) >= 11 is 1.26. The van der Waals surface area contributed by atoms with Crippen molar-refractivity contribution < 1.29 is 9.32 Å². The highest BCUT2D eigenvalue weighted by Gasteiger charge is 2.29. The second kappa shape index (κ2) is 5.52. The molecule has 4 rings (SSSR count). The van der Waals surface area contributed by atoms with Crippen molar-refractivity contribution in [2.75, 3.05) is 5.73 Å². The monoisotopic (exact) mass is 344 g/mol. The summed E-state index contributed by atoms with van der Waals surface area (Å²) in [5.41, 5.74) is 8.08. The number of hydrogen-bond acceptors (Lipinski definition) is 8. The summed E-state index contributed by atoms with van der Waals surface area (Å²) in [5.74, 6) is 0.198. The zero-order valence-corrected chi connectivity index (χ0v) is 14.1. The van der Waals surface area contributed by atoms with Gasteiger partial charge in [-0.25, -0.2) is 4.98 Å². The second-order valence-electron chi connectivity index (χ2n) is 5.99. The molecule has 3 aromatic rings. The van der Waals surface area contributed by atoms with Crippen molar-refractivity contribution in [2.45, 2.75) is 38.6 Å². The summed E-state index contributed by atoms with van der Waals surface area (Å²) < 4.78 is 5.27. The first-order valence-electron chi connectivity index (χ1n) is 7.69. The quantitative estimate of drug-likeness (QED) is 0.745. The minimum absolute atomic E-state index is 0.211. The van der Waals surface area contributed by atoms with E-state index in [-0.39, 0.29) is 11.9 Å². The maximum absolute atomic E-state index is 12.8. The lowest BCUT2D eigenvalue weighted by Gasteiger charge is -2.12. The van der Waals surface area contributed by atoms with E-state index in [9.17, 15) is 4.79 Å². The topological polar surface area (TPSA) is 120 Å². The van der Waals surface area contributed by atoms with Crippen molar-refractivity contribution >= 4 is 33.5 Å².